The Bertz CT molecular complexity index is 948. The molecule has 0 radical (unpaired) electrons. The van der Waals surface area contributed by atoms with Gasteiger partial charge in [0.05, 0.1) is 23.8 Å². The van der Waals surface area contributed by atoms with Crippen molar-refractivity contribution in [3.63, 3.8) is 0 Å². The van der Waals surface area contributed by atoms with Crippen LogP contribution in [0.15, 0.2) is 67.0 Å². The molecule has 0 aliphatic carbocycles. The quantitative estimate of drug-likeness (QED) is 0.772. The number of aromatic nitrogens is 2. The second-order valence-electron chi connectivity index (χ2n) is 6.51. The fourth-order valence-electron chi connectivity index (χ4n) is 3.18. The first-order valence-corrected chi connectivity index (χ1v) is 9.02. The summed E-state index contributed by atoms with van der Waals surface area (Å²) < 4.78 is 1.71. The van der Waals surface area contributed by atoms with Crippen molar-refractivity contribution in [2.75, 3.05) is 16.8 Å². The van der Waals surface area contributed by atoms with Gasteiger partial charge in [-0.2, -0.15) is 5.10 Å². The first kappa shape index (κ1) is 17.0. The van der Waals surface area contributed by atoms with E-state index >= 15 is 0 Å². The highest BCUT2D eigenvalue weighted by molar-refractivity contribution is 6.04. The molecule has 4 rings (SSSR count). The maximum Gasteiger partial charge on any atom is 0.255 e. The van der Waals surface area contributed by atoms with Gasteiger partial charge in [0, 0.05) is 24.2 Å². The Morgan fingerprint density at radius 3 is 2.48 bits per heavy atom. The van der Waals surface area contributed by atoms with Crippen molar-refractivity contribution < 1.29 is 9.59 Å². The number of piperidine rings is 1. The number of benzene rings is 2. The van der Waals surface area contributed by atoms with E-state index in [0.717, 1.165) is 30.8 Å². The number of nitrogens with zero attached hydrogens (tertiary/aromatic N) is 3. The number of hydrogen-bond acceptors (Lipinski definition) is 3. The van der Waals surface area contributed by atoms with Crippen molar-refractivity contribution in [1.29, 1.82) is 0 Å². The van der Waals surface area contributed by atoms with Gasteiger partial charge in [0.2, 0.25) is 5.91 Å². The molecule has 0 saturated carbocycles. The molecule has 0 bridgehead atoms. The van der Waals surface area contributed by atoms with Gasteiger partial charge < -0.3 is 10.2 Å². The van der Waals surface area contributed by atoms with Crippen molar-refractivity contribution in [3.8, 4) is 5.69 Å². The summed E-state index contributed by atoms with van der Waals surface area (Å²) in [5, 5.41) is 7.13. The molecule has 0 unspecified atom stereocenters. The topological polar surface area (TPSA) is 67.2 Å². The molecule has 1 fully saturated rings. The zero-order valence-electron chi connectivity index (χ0n) is 14.8. The first-order valence-electron chi connectivity index (χ1n) is 9.02. The largest absolute Gasteiger partial charge is 0.319 e. The first-order chi connectivity index (χ1) is 13.2. The van der Waals surface area contributed by atoms with Crippen LogP contribution in [0.3, 0.4) is 0 Å². The highest BCUT2D eigenvalue weighted by Crippen LogP contribution is 2.21. The average molecular weight is 360 g/mol. The molecule has 0 atom stereocenters. The van der Waals surface area contributed by atoms with Crippen LogP contribution in [0.4, 0.5) is 11.4 Å². The smallest absolute Gasteiger partial charge is 0.255 e. The van der Waals surface area contributed by atoms with E-state index in [0.29, 0.717) is 17.7 Å². The third-order valence-corrected chi connectivity index (χ3v) is 4.63. The molecule has 27 heavy (non-hydrogen) atoms. The van der Waals surface area contributed by atoms with Gasteiger partial charge in [0.15, 0.2) is 0 Å². The van der Waals surface area contributed by atoms with E-state index in [-0.39, 0.29) is 11.8 Å². The van der Waals surface area contributed by atoms with Gasteiger partial charge in [0.1, 0.15) is 0 Å². The molecule has 1 saturated heterocycles. The molecule has 3 aromatic rings. The van der Waals surface area contributed by atoms with E-state index in [4.69, 9.17) is 0 Å². The van der Waals surface area contributed by atoms with Crippen LogP contribution in [0.2, 0.25) is 0 Å². The van der Waals surface area contributed by atoms with Crippen LogP contribution < -0.4 is 10.2 Å². The Morgan fingerprint density at radius 2 is 1.74 bits per heavy atom. The minimum Gasteiger partial charge on any atom is -0.319 e. The Kier molecular flexibility index (Phi) is 4.70. The number of hydrogen-bond donors (Lipinski definition) is 1. The Morgan fingerprint density at radius 1 is 0.963 bits per heavy atom. The summed E-state index contributed by atoms with van der Waals surface area (Å²) in [5.74, 6) is -0.0640. The van der Waals surface area contributed by atoms with Crippen LogP contribution in [0.5, 0.6) is 0 Å². The molecule has 1 aliphatic heterocycles. The lowest BCUT2D eigenvalue weighted by molar-refractivity contribution is -0.119. The summed E-state index contributed by atoms with van der Waals surface area (Å²) in [6.07, 6.45) is 5.94. The van der Waals surface area contributed by atoms with Crippen molar-refractivity contribution in [3.05, 3.63) is 72.6 Å². The van der Waals surface area contributed by atoms with Crippen LogP contribution in [-0.2, 0) is 4.79 Å². The summed E-state index contributed by atoms with van der Waals surface area (Å²) in [6, 6.07) is 16.8. The Hall–Kier alpha value is -3.41. The van der Waals surface area contributed by atoms with Gasteiger partial charge in [-0.3, -0.25) is 9.59 Å². The van der Waals surface area contributed by atoms with Gasteiger partial charge in [-0.15, -0.1) is 0 Å². The van der Waals surface area contributed by atoms with E-state index < -0.39 is 0 Å². The van der Waals surface area contributed by atoms with Gasteiger partial charge >= 0.3 is 0 Å². The summed E-state index contributed by atoms with van der Waals surface area (Å²) >= 11 is 0. The number of para-hydroxylation sites is 1. The molecule has 2 aromatic carbocycles. The monoisotopic (exact) mass is 360 g/mol. The molecule has 2 amide bonds. The molecule has 6 nitrogen and oxygen atoms in total. The number of amides is 2. The highest BCUT2D eigenvalue weighted by Gasteiger charge is 2.19. The molecular weight excluding hydrogens is 340 g/mol. The number of nitrogens with one attached hydrogen (secondary N) is 1. The predicted octanol–water partition coefficient (Wildman–Crippen LogP) is 3.64. The third kappa shape index (κ3) is 3.74. The minimum absolute atomic E-state index is 0.145. The van der Waals surface area contributed by atoms with E-state index in [1.54, 1.807) is 34.1 Å². The lowest BCUT2D eigenvalue weighted by Gasteiger charge is -2.26. The van der Waals surface area contributed by atoms with Gasteiger partial charge in [-0.1, -0.05) is 18.2 Å². The number of carbonyl (C=O) groups is 2. The van der Waals surface area contributed by atoms with Crippen molar-refractivity contribution in [2.45, 2.75) is 19.3 Å². The normalized spacial score (nSPS) is 14.2. The van der Waals surface area contributed by atoms with Crippen molar-refractivity contribution in [1.82, 2.24) is 9.78 Å². The minimum atomic E-state index is -0.209. The van der Waals surface area contributed by atoms with Crippen LogP contribution in [-0.4, -0.2) is 28.1 Å². The Labute approximate surface area is 157 Å². The van der Waals surface area contributed by atoms with Gasteiger partial charge in [-0.05, 0) is 49.2 Å². The fraction of sp³-hybridized carbons (Fsp3) is 0.190. The van der Waals surface area contributed by atoms with Crippen LogP contribution >= 0.6 is 0 Å². The molecule has 1 N–H and O–H groups in total. The van der Waals surface area contributed by atoms with Crippen LogP contribution in [0, 0.1) is 0 Å². The second kappa shape index (κ2) is 7.45. The van der Waals surface area contributed by atoms with E-state index in [2.05, 4.69) is 10.4 Å². The average Bonchev–Trinajstić information content (AvgIpc) is 3.18. The number of rotatable bonds is 4. The van der Waals surface area contributed by atoms with Crippen molar-refractivity contribution in [2.24, 2.45) is 0 Å². The summed E-state index contributed by atoms with van der Waals surface area (Å²) in [7, 11) is 0. The van der Waals surface area contributed by atoms with E-state index in [9.17, 15) is 9.59 Å². The van der Waals surface area contributed by atoms with Gasteiger partial charge in [-0.25, -0.2) is 4.68 Å². The zero-order valence-corrected chi connectivity index (χ0v) is 14.8. The zero-order chi connectivity index (χ0) is 18.6. The van der Waals surface area contributed by atoms with E-state index in [1.807, 2.05) is 42.5 Å². The number of anilines is 2. The predicted molar refractivity (Wildman–Crippen MR) is 104 cm³/mol. The fourth-order valence-corrected chi connectivity index (χ4v) is 3.18. The molecular formula is C21H20N4O2. The summed E-state index contributed by atoms with van der Waals surface area (Å²) in [6.45, 7) is 0.739. The standard InChI is InChI=1S/C21H20N4O2/c26-20-8-4-5-13-24(20)18-11-9-16(10-12-18)21(27)23-17-14-22-25(15-17)19-6-2-1-3-7-19/h1-3,6-7,9-12,14-15H,4-5,8,13H2,(H,23,27). The van der Waals surface area contributed by atoms with Crippen molar-refractivity contribution >= 4 is 23.2 Å². The molecule has 6 heteroatoms. The third-order valence-electron chi connectivity index (χ3n) is 4.63. The lowest BCUT2D eigenvalue weighted by atomic mass is 10.1. The van der Waals surface area contributed by atoms with Crippen LogP contribution in [0.1, 0.15) is 29.6 Å². The van der Waals surface area contributed by atoms with E-state index in [1.165, 1.54) is 0 Å². The van der Waals surface area contributed by atoms with Gasteiger partial charge in [0.25, 0.3) is 5.91 Å². The second-order valence-corrected chi connectivity index (χ2v) is 6.51. The molecule has 1 aromatic heterocycles. The molecule has 1 aliphatic rings. The molecule has 136 valence electrons. The maximum atomic E-state index is 12.5. The number of carbonyl (C=O) groups excluding carboxylic acids is 2. The summed E-state index contributed by atoms with van der Waals surface area (Å²) in [4.78, 5) is 26.3. The highest BCUT2D eigenvalue weighted by atomic mass is 16.2. The lowest BCUT2D eigenvalue weighted by Crippen LogP contribution is -2.35. The van der Waals surface area contributed by atoms with Crippen LogP contribution in [0.25, 0.3) is 5.69 Å². The molecule has 2 heterocycles. The maximum absolute atomic E-state index is 12.5. The molecule has 0 spiro atoms. The Balaban J connectivity index is 1.44. The SMILES string of the molecule is O=C(Nc1cnn(-c2ccccc2)c1)c1ccc(N2CCCCC2=O)cc1. The summed E-state index contributed by atoms with van der Waals surface area (Å²) in [5.41, 5.74) is 2.93.